The van der Waals surface area contributed by atoms with E-state index in [2.05, 4.69) is 15.6 Å². The predicted molar refractivity (Wildman–Crippen MR) is 107 cm³/mol. The summed E-state index contributed by atoms with van der Waals surface area (Å²) in [7, 11) is 0. The van der Waals surface area contributed by atoms with Crippen molar-refractivity contribution in [3.8, 4) is 6.07 Å². The first-order chi connectivity index (χ1) is 15.9. The smallest absolute Gasteiger partial charge is 0.343 e. The van der Waals surface area contributed by atoms with Gasteiger partial charge in [-0.1, -0.05) is 0 Å². The molecule has 3 amide bonds. The van der Waals surface area contributed by atoms with Gasteiger partial charge >= 0.3 is 6.18 Å². The Morgan fingerprint density at radius 1 is 1.15 bits per heavy atom. The third kappa shape index (κ3) is 5.64. The van der Waals surface area contributed by atoms with Crippen molar-refractivity contribution in [2.24, 2.45) is 0 Å². The molecule has 3 rings (SSSR count). The van der Waals surface area contributed by atoms with Gasteiger partial charge < -0.3 is 15.5 Å². The van der Waals surface area contributed by atoms with Gasteiger partial charge in [-0.3, -0.25) is 19.4 Å². The van der Waals surface area contributed by atoms with Gasteiger partial charge in [-0.15, -0.1) is 0 Å². The van der Waals surface area contributed by atoms with E-state index in [9.17, 15) is 36.3 Å². The number of nitrogens with one attached hydrogen (secondary N) is 2. The highest BCUT2D eigenvalue weighted by molar-refractivity contribution is 6.09. The number of nitrogens with zero attached hydrogens (tertiary/aromatic N) is 3. The molecule has 2 N–H and O–H groups in total. The number of hydrogen-bond acceptors (Lipinski definition) is 5. The van der Waals surface area contributed by atoms with E-state index >= 15 is 0 Å². The Balaban J connectivity index is 1.66. The molecule has 0 bridgehead atoms. The highest BCUT2D eigenvalue weighted by atomic mass is 19.4. The van der Waals surface area contributed by atoms with Crippen LogP contribution in [0.15, 0.2) is 42.7 Å². The van der Waals surface area contributed by atoms with E-state index in [1.54, 1.807) is 6.07 Å². The van der Waals surface area contributed by atoms with Crippen molar-refractivity contribution in [1.29, 1.82) is 5.26 Å². The fraction of sp³-hybridized carbons (Fsp3) is 0.286. The minimum Gasteiger partial charge on any atom is -0.343 e. The average Bonchev–Trinajstić information content (AvgIpc) is 3.11. The second-order valence-corrected chi connectivity index (χ2v) is 7.36. The maximum atomic E-state index is 13.5. The van der Waals surface area contributed by atoms with Gasteiger partial charge in [0.2, 0.25) is 5.91 Å². The molecule has 8 nitrogen and oxygen atoms in total. The molecule has 13 heteroatoms. The van der Waals surface area contributed by atoms with Crippen LogP contribution in [0.1, 0.15) is 32.7 Å². The third-order valence-electron chi connectivity index (χ3n) is 4.93. The number of rotatable bonds is 5. The van der Waals surface area contributed by atoms with Crippen LogP contribution >= 0.6 is 0 Å². The molecule has 1 fully saturated rings. The van der Waals surface area contributed by atoms with Crippen LogP contribution in [0.2, 0.25) is 0 Å². The molecule has 1 atom stereocenters. The van der Waals surface area contributed by atoms with Crippen LogP contribution < -0.4 is 10.6 Å². The first-order valence-electron chi connectivity index (χ1n) is 9.69. The normalized spacial score (nSPS) is 17.1. The number of alkyl halides is 5. The van der Waals surface area contributed by atoms with Gasteiger partial charge in [-0.05, 0) is 30.3 Å². The summed E-state index contributed by atoms with van der Waals surface area (Å²) >= 11 is 0. The number of anilines is 1. The molecule has 1 aromatic heterocycles. The van der Waals surface area contributed by atoms with Gasteiger partial charge in [-0.2, -0.15) is 18.4 Å². The SMILES string of the molecule is N#CC1CC(F)(F)CN1C(=O)CNC(=O)c1ccncc1NC(=O)c1ccc(C(F)(F)F)cc1. The molecular formula is C21H16F5N5O3. The summed E-state index contributed by atoms with van der Waals surface area (Å²) in [4.78, 5) is 41.7. The summed E-state index contributed by atoms with van der Waals surface area (Å²) in [5, 5.41) is 13.6. The molecule has 1 aliphatic rings. The Morgan fingerprint density at radius 3 is 2.44 bits per heavy atom. The highest BCUT2D eigenvalue weighted by Gasteiger charge is 2.47. The minimum absolute atomic E-state index is 0.0973. The molecule has 178 valence electrons. The van der Waals surface area contributed by atoms with E-state index in [4.69, 9.17) is 5.26 Å². The van der Waals surface area contributed by atoms with Crippen LogP contribution in [0, 0.1) is 11.3 Å². The fourth-order valence-corrected chi connectivity index (χ4v) is 3.24. The monoisotopic (exact) mass is 481 g/mol. The lowest BCUT2D eigenvalue weighted by Crippen LogP contribution is -2.43. The number of pyridine rings is 1. The van der Waals surface area contributed by atoms with Crippen LogP contribution in [0.4, 0.5) is 27.6 Å². The van der Waals surface area contributed by atoms with Gasteiger partial charge in [0, 0.05) is 18.2 Å². The largest absolute Gasteiger partial charge is 0.416 e. The van der Waals surface area contributed by atoms with Crippen LogP contribution in [0.3, 0.4) is 0 Å². The first kappa shape index (κ1) is 24.6. The zero-order chi connectivity index (χ0) is 25.1. The van der Waals surface area contributed by atoms with Crippen molar-refractivity contribution < 1.29 is 36.3 Å². The summed E-state index contributed by atoms with van der Waals surface area (Å²) in [6.07, 6.45) is -3.03. The summed E-state index contributed by atoms with van der Waals surface area (Å²) in [5.74, 6) is -5.76. The number of carbonyl (C=O) groups is 3. The molecule has 1 unspecified atom stereocenters. The third-order valence-corrected chi connectivity index (χ3v) is 4.93. The molecule has 0 radical (unpaired) electrons. The number of likely N-dealkylation sites (tertiary alicyclic amines) is 1. The van der Waals surface area contributed by atoms with Crippen molar-refractivity contribution in [3.05, 3.63) is 59.4 Å². The minimum atomic E-state index is -4.57. The molecule has 1 saturated heterocycles. The molecule has 0 aliphatic carbocycles. The van der Waals surface area contributed by atoms with Crippen molar-refractivity contribution in [2.75, 3.05) is 18.4 Å². The molecule has 0 spiro atoms. The lowest BCUT2D eigenvalue weighted by molar-refractivity contribution is -0.137. The highest BCUT2D eigenvalue weighted by Crippen LogP contribution is 2.32. The number of nitriles is 1. The van der Waals surface area contributed by atoms with E-state index in [-0.39, 0.29) is 16.8 Å². The molecule has 1 aliphatic heterocycles. The number of benzene rings is 1. The topological polar surface area (TPSA) is 115 Å². The Kier molecular flexibility index (Phi) is 6.80. The number of halogens is 5. The van der Waals surface area contributed by atoms with Gasteiger partial charge in [0.1, 0.15) is 6.04 Å². The standard InChI is InChI=1S/C21H16F5N5O3/c22-20(23)7-14(8-27)31(11-20)17(32)10-29-19(34)15-5-6-28-9-16(15)30-18(33)12-1-3-13(4-2-12)21(24,25)26/h1-6,9,14H,7,10-11H2,(H,29,34)(H,30,33). The van der Waals surface area contributed by atoms with Crippen molar-refractivity contribution in [1.82, 2.24) is 15.2 Å². The van der Waals surface area contributed by atoms with Crippen LogP contribution in [0.25, 0.3) is 0 Å². The number of aromatic nitrogens is 1. The maximum absolute atomic E-state index is 13.5. The predicted octanol–water partition coefficient (Wildman–Crippen LogP) is 2.84. The van der Waals surface area contributed by atoms with Crippen molar-refractivity contribution >= 4 is 23.4 Å². The van der Waals surface area contributed by atoms with E-state index in [0.717, 1.165) is 30.5 Å². The molecule has 1 aromatic carbocycles. The molecule has 0 saturated carbocycles. The number of amides is 3. The quantitative estimate of drug-likeness (QED) is 0.638. The summed E-state index contributed by atoms with van der Waals surface area (Å²) in [6.45, 7) is -1.62. The van der Waals surface area contributed by atoms with Gasteiger partial charge in [0.15, 0.2) is 0 Å². The summed E-state index contributed by atoms with van der Waals surface area (Å²) < 4.78 is 65.1. The lowest BCUT2D eigenvalue weighted by atomic mass is 10.1. The van der Waals surface area contributed by atoms with E-state index < -0.39 is 60.9 Å². The second-order valence-electron chi connectivity index (χ2n) is 7.36. The maximum Gasteiger partial charge on any atom is 0.416 e. The molecule has 34 heavy (non-hydrogen) atoms. The van der Waals surface area contributed by atoms with Gasteiger partial charge in [-0.25, -0.2) is 8.78 Å². The second kappa shape index (κ2) is 9.42. The van der Waals surface area contributed by atoms with Gasteiger partial charge in [0.25, 0.3) is 17.7 Å². The molecular weight excluding hydrogens is 465 g/mol. The number of hydrogen-bond donors (Lipinski definition) is 2. The molecule has 2 heterocycles. The van der Waals surface area contributed by atoms with Crippen LogP contribution in [0.5, 0.6) is 0 Å². The van der Waals surface area contributed by atoms with Crippen LogP contribution in [-0.4, -0.2) is 52.7 Å². The summed E-state index contributed by atoms with van der Waals surface area (Å²) in [5.41, 5.74) is -1.29. The fourth-order valence-electron chi connectivity index (χ4n) is 3.24. The van der Waals surface area contributed by atoms with Crippen LogP contribution in [-0.2, 0) is 11.0 Å². The first-order valence-corrected chi connectivity index (χ1v) is 9.69. The van der Waals surface area contributed by atoms with Gasteiger partial charge in [0.05, 0.1) is 42.2 Å². The van der Waals surface area contributed by atoms with Crippen molar-refractivity contribution in [3.63, 3.8) is 0 Å². The van der Waals surface area contributed by atoms with E-state index in [0.29, 0.717) is 4.90 Å². The summed E-state index contributed by atoms with van der Waals surface area (Å²) in [6, 6.07) is 4.90. The zero-order valence-corrected chi connectivity index (χ0v) is 17.2. The Morgan fingerprint density at radius 2 is 1.82 bits per heavy atom. The average molecular weight is 481 g/mol. The van der Waals surface area contributed by atoms with E-state index in [1.165, 1.54) is 12.3 Å². The van der Waals surface area contributed by atoms with Crippen molar-refractivity contribution in [2.45, 2.75) is 24.6 Å². The Bertz CT molecular complexity index is 1140. The lowest BCUT2D eigenvalue weighted by Gasteiger charge is -2.19. The number of carbonyl (C=O) groups excluding carboxylic acids is 3. The Labute approximate surface area is 189 Å². The molecule has 2 aromatic rings. The zero-order valence-electron chi connectivity index (χ0n) is 17.2. The Hall–Kier alpha value is -4.08. The van der Waals surface area contributed by atoms with E-state index in [1.807, 2.05) is 0 Å².